The largest absolute Gasteiger partial charge is 0.299 e. The molecule has 0 aliphatic heterocycles. The molecule has 0 rings (SSSR count). The SMILES string of the molecule is CCCCCCCCCCCCCCC(=O)CBr. The summed E-state index contributed by atoms with van der Waals surface area (Å²) in [5.41, 5.74) is 0. The summed E-state index contributed by atoms with van der Waals surface area (Å²) in [6, 6.07) is 0. The van der Waals surface area contributed by atoms with Crippen molar-refractivity contribution in [1.29, 1.82) is 0 Å². The van der Waals surface area contributed by atoms with Crippen LogP contribution in [0.4, 0.5) is 0 Å². The zero-order valence-corrected chi connectivity index (χ0v) is 13.8. The number of halogens is 1. The molecule has 0 fully saturated rings. The molecular formula is C16H31BrO. The van der Waals surface area contributed by atoms with Gasteiger partial charge in [0.15, 0.2) is 0 Å². The molecule has 0 aliphatic carbocycles. The number of rotatable bonds is 14. The van der Waals surface area contributed by atoms with Gasteiger partial charge in [-0.3, -0.25) is 4.79 Å². The van der Waals surface area contributed by atoms with Gasteiger partial charge in [-0.05, 0) is 6.42 Å². The quantitative estimate of drug-likeness (QED) is 0.282. The van der Waals surface area contributed by atoms with E-state index in [1.54, 1.807) is 0 Å². The van der Waals surface area contributed by atoms with E-state index in [0.29, 0.717) is 11.1 Å². The Labute approximate surface area is 122 Å². The molecule has 0 bridgehead atoms. The van der Waals surface area contributed by atoms with Crippen LogP contribution in [0.5, 0.6) is 0 Å². The number of hydrogen-bond donors (Lipinski definition) is 0. The second kappa shape index (κ2) is 15.2. The number of unbranched alkanes of at least 4 members (excludes halogenated alkanes) is 11. The molecule has 0 atom stereocenters. The molecule has 0 N–H and O–H groups in total. The fraction of sp³-hybridized carbons (Fsp3) is 0.938. The molecule has 1 nitrogen and oxygen atoms in total. The summed E-state index contributed by atoms with van der Waals surface area (Å²) in [4.78, 5) is 11.0. The molecule has 0 aromatic rings. The maximum Gasteiger partial charge on any atom is 0.143 e. The third kappa shape index (κ3) is 14.2. The summed E-state index contributed by atoms with van der Waals surface area (Å²) in [7, 11) is 0. The van der Waals surface area contributed by atoms with Gasteiger partial charge < -0.3 is 0 Å². The van der Waals surface area contributed by atoms with Gasteiger partial charge in [-0.2, -0.15) is 0 Å². The molecule has 0 spiro atoms. The van der Waals surface area contributed by atoms with Crippen molar-refractivity contribution in [1.82, 2.24) is 0 Å². The van der Waals surface area contributed by atoms with Crippen LogP contribution >= 0.6 is 15.9 Å². The highest BCUT2D eigenvalue weighted by molar-refractivity contribution is 9.09. The predicted octanol–water partition coefficient (Wildman–Crippen LogP) is 6.04. The molecule has 2 heteroatoms. The van der Waals surface area contributed by atoms with Gasteiger partial charge in [-0.25, -0.2) is 0 Å². The van der Waals surface area contributed by atoms with E-state index in [1.807, 2.05) is 0 Å². The van der Waals surface area contributed by atoms with Crippen LogP contribution in [0.2, 0.25) is 0 Å². The van der Waals surface area contributed by atoms with Gasteiger partial charge in [-0.15, -0.1) is 0 Å². The standard InChI is InChI=1S/C16H31BrO/c1-2-3-4-5-6-7-8-9-10-11-12-13-14-16(18)15-17/h2-15H2,1H3. The van der Waals surface area contributed by atoms with E-state index in [2.05, 4.69) is 22.9 Å². The van der Waals surface area contributed by atoms with Gasteiger partial charge in [-0.1, -0.05) is 93.5 Å². The van der Waals surface area contributed by atoms with Crippen molar-refractivity contribution in [3.05, 3.63) is 0 Å². The van der Waals surface area contributed by atoms with E-state index in [9.17, 15) is 4.79 Å². The fourth-order valence-corrected chi connectivity index (χ4v) is 2.51. The summed E-state index contributed by atoms with van der Waals surface area (Å²) in [5, 5.41) is 0.533. The first-order valence-electron chi connectivity index (χ1n) is 7.89. The average Bonchev–Trinajstić information content (AvgIpc) is 2.39. The zero-order chi connectivity index (χ0) is 13.5. The minimum atomic E-state index is 0.349. The van der Waals surface area contributed by atoms with Crippen molar-refractivity contribution in [2.45, 2.75) is 90.4 Å². The van der Waals surface area contributed by atoms with Crippen LogP contribution in [0.25, 0.3) is 0 Å². The van der Waals surface area contributed by atoms with Crippen LogP contribution in [0.3, 0.4) is 0 Å². The Morgan fingerprint density at radius 3 is 1.50 bits per heavy atom. The van der Waals surface area contributed by atoms with Crippen LogP contribution in [0, 0.1) is 0 Å². The lowest BCUT2D eigenvalue weighted by molar-refractivity contribution is -0.116. The molecule has 0 aliphatic rings. The van der Waals surface area contributed by atoms with Crippen molar-refractivity contribution < 1.29 is 4.79 Å². The van der Waals surface area contributed by atoms with Crippen LogP contribution < -0.4 is 0 Å². The van der Waals surface area contributed by atoms with E-state index in [4.69, 9.17) is 0 Å². The molecule has 0 amide bonds. The average molecular weight is 319 g/mol. The molecular weight excluding hydrogens is 288 g/mol. The number of carbonyl (C=O) groups is 1. The Morgan fingerprint density at radius 2 is 1.11 bits per heavy atom. The summed E-state index contributed by atoms with van der Waals surface area (Å²) >= 11 is 3.20. The van der Waals surface area contributed by atoms with Gasteiger partial charge in [0, 0.05) is 6.42 Å². The normalized spacial score (nSPS) is 10.8. The van der Waals surface area contributed by atoms with E-state index in [0.717, 1.165) is 12.8 Å². The Morgan fingerprint density at radius 1 is 0.722 bits per heavy atom. The first-order valence-corrected chi connectivity index (χ1v) is 9.01. The van der Waals surface area contributed by atoms with Crippen molar-refractivity contribution in [3.8, 4) is 0 Å². The number of hydrogen-bond acceptors (Lipinski definition) is 1. The highest BCUT2D eigenvalue weighted by Crippen LogP contribution is 2.12. The monoisotopic (exact) mass is 318 g/mol. The summed E-state index contributed by atoms with van der Waals surface area (Å²) in [5.74, 6) is 0.349. The van der Waals surface area contributed by atoms with Crippen molar-refractivity contribution in [2.75, 3.05) is 5.33 Å². The first-order chi connectivity index (χ1) is 8.81. The number of alkyl halides is 1. The van der Waals surface area contributed by atoms with Gasteiger partial charge >= 0.3 is 0 Å². The Kier molecular flexibility index (Phi) is 15.3. The van der Waals surface area contributed by atoms with Crippen molar-refractivity contribution in [2.24, 2.45) is 0 Å². The topological polar surface area (TPSA) is 17.1 Å². The van der Waals surface area contributed by atoms with E-state index in [1.165, 1.54) is 70.6 Å². The van der Waals surface area contributed by atoms with Crippen LogP contribution in [0.15, 0.2) is 0 Å². The van der Waals surface area contributed by atoms with Gasteiger partial charge in [0.05, 0.1) is 5.33 Å². The predicted molar refractivity (Wildman–Crippen MR) is 84.5 cm³/mol. The molecule has 18 heavy (non-hydrogen) atoms. The maximum absolute atomic E-state index is 11.0. The van der Waals surface area contributed by atoms with Crippen LogP contribution in [-0.2, 0) is 4.79 Å². The molecule has 0 heterocycles. The minimum Gasteiger partial charge on any atom is -0.299 e. The second-order valence-corrected chi connectivity index (χ2v) is 5.87. The molecule has 108 valence electrons. The zero-order valence-electron chi connectivity index (χ0n) is 12.2. The van der Waals surface area contributed by atoms with Gasteiger partial charge in [0.25, 0.3) is 0 Å². The second-order valence-electron chi connectivity index (χ2n) is 5.31. The molecule has 0 radical (unpaired) electrons. The minimum absolute atomic E-state index is 0.349. The number of Topliss-reactive ketones (excluding diaryl/α,β-unsaturated/α-hetero) is 1. The Balaban J connectivity index is 2.97. The van der Waals surface area contributed by atoms with Crippen LogP contribution in [-0.4, -0.2) is 11.1 Å². The fourth-order valence-electron chi connectivity index (χ4n) is 2.23. The maximum atomic E-state index is 11.0. The summed E-state index contributed by atoms with van der Waals surface area (Å²) in [6.07, 6.45) is 17.0. The molecule has 0 aromatic heterocycles. The lowest BCUT2D eigenvalue weighted by Crippen LogP contribution is -1.97. The molecule has 0 aromatic carbocycles. The van der Waals surface area contributed by atoms with Gasteiger partial charge in [0.2, 0.25) is 0 Å². The van der Waals surface area contributed by atoms with Crippen molar-refractivity contribution in [3.63, 3.8) is 0 Å². The smallest absolute Gasteiger partial charge is 0.143 e. The molecule has 0 saturated heterocycles. The highest BCUT2D eigenvalue weighted by atomic mass is 79.9. The number of ketones is 1. The van der Waals surface area contributed by atoms with Gasteiger partial charge in [0.1, 0.15) is 5.78 Å². The van der Waals surface area contributed by atoms with E-state index >= 15 is 0 Å². The third-order valence-corrected chi connectivity index (χ3v) is 4.08. The summed E-state index contributed by atoms with van der Waals surface area (Å²) in [6.45, 7) is 2.27. The van der Waals surface area contributed by atoms with E-state index < -0.39 is 0 Å². The Bertz CT molecular complexity index is 180. The number of carbonyl (C=O) groups excluding carboxylic acids is 1. The van der Waals surface area contributed by atoms with Crippen molar-refractivity contribution >= 4 is 21.7 Å². The van der Waals surface area contributed by atoms with E-state index in [-0.39, 0.29) is 0 Å². The lowest BCUT2D eigenvalue weighted by atomic mass is 10.0. The third-order valence-electron chi connectivity index (χ3n) is 3.46. The summed E-state index contributed by atoms with van der Waals surface area (Å²) < 4.78 is 0. The Hall–Kier alpha value is 0.150. The first kappa shape index (κ1) is 18.1. The highest BCUT2D eigenvalue weighted by Gasteiger charge is 1.98. The lowest BCUT2D eigenvalue weighted by Gasteiger charge is -2.02. The molecule has 0 unspecified atom stereocenters. The van der Waals surface area contributed by atoms with Crippen LogP contribution in [0.1, 0.15) is 90.4 Å². The molecule has 0 saturated carbocycles.